The number of hydrogen-bond donors (Lipinski definition) is 4. The first kappa shape index (κ1) is 24.0. The minimum Gasteiger partial charge on any atom is -0.423 e. The van der Waals surface area contributed by atoms with Gasteiger partial charge in [-0.3, -0.25) is 0 Å². The van der Waals surface area contributed by atoms with Gasteiger partial charge in [-0.1, -0.05) is 48.5 Å². The Morgan fingerprint density at radius 1 is 0.613 bits per heavy atom. The Hall–Kier alpha value is -1.67. The molecule has 0 aromatic heterocycles. The van der Waals surface area contributed by atoms with Crippen molar-refractivity contribution in [2.45, 2.75) is 13.1 Å². The molecule has 4 N–H and O–H groups in total. The third kappa shape index (κ3) is 6.65. The molecule has 1 saturated carbocycles. The molecule has 3 rings (SSSR count). The van der Waals surface area contributed by atoms with Gasteiger partial charge >= 0.3 is 14.2 Å². The van der Waals surface area contributed by atoms with E-state index in [1.165, 1.54) is 11.8 Å². The highest BCUT2D eigenvalue weighted by Gasteiger charge is 2.31. The second kappa shape index (κ2) is 11.3. The van der Waals surface area contributed by atoms with Crippen LogP contribution in [0.1, 0.15) is 11.1 Å². The zero-order valence-corrected chi connectivity index (χ0v) is 18.0. The number of nitrogens with zero attached hydrogens (tertiary/aromatic N) is 2. The fourth-order valence-corrected chi connectivity index (χ4v) is 3.94. The van der Waals surface area contributed by atoms with Crippen molar-refractivity contribution in [3.05, 3.63) is 90.8 Å². The monoisotopic (exact) mass is 419 g/mol. The van der Waals surface area contributed by atoms with Crippen molar-refractivity contribution in [3.8, 4) is 0 Å². The van der Waals surface area contributed by atoms with Crippen LogP contribution in [0.3, 0.4) is 0 Å². The summed E-state index contributed by atoms with van der Waals surface area (Å²) in [6.07, 6.45) is 6.26. The molecule has 161 valence electrons. The molecule has 0 spiro atoms. The Morgan fingerprint density at radius 3 is 1.39 bits per heavy atom. The summed E-state index contributed by atoms with van der Waals surface area (Å²) >= 11 is 0. The van der Waals surface area contributed by atoms with Crippen LogP contribution in [-0.2, 0) is 13.1 Å². The molecular formula is C23H29B2N2O4. The van der Waals surface area contributed by atoms with Gasteiger partial charge in [0, 0.05) is 38.0 Å². The summed E-state index contributed by atoms with van der Waals surface area (Å²) < 4.78 is 0. The maximum atomic E-state index is 9.59. The Morgan fingerprint density at radius 2 is 1.00 bits per heavy atom. The Bertz CT molecular complexity index is 769. The van der Waals surface area contributed by atoms with E-state index in [1.807, 2.05) is 44.8 Å². The van der Waals surface area contributed by atoms with Crippen LogP contribution in [0.4, 0.5) is 0 Å². The van der Waals surface area contributed by atoms with Crippen molar-refractivity contribution in [1.29, 1.82) is 0 Å². The molecule has 0 amide bonds. The van der Waals surface area contributed by atoms with E-state index in [2.05, 4.69) is 22.6 Å². The average molecular weight is 419 g/mol. The quantitative estimate of drug-likeness (QED) is 0.385. The van der Waals surface area contributed by atoms with Crippen LogP contribution in [0, 0.1) is 31.1 Å². The molecule has 2 aromatic carbocycles. The number of rotatable bonds is 10. The first-order chi connectivity index (χ1) is 14.8. The summed E-state index contributed by atoms with van der Waals surface area (Å²) in [7, 11) is 1.07. The lowest BCUT2D eigenvalue weighted by Gasteiger charge is -2.28. The van der Waals surface area contributed by atoms with Crippen molar-refractivity contribution in [2.75, 3.05) is 27.2 Å². The predicted octanol–water partition coefficient (Wildman–Crippen LogP) is -0.615. The number of benzene rings is 2. The van der Waals surface area contributed by atoms with E-state index in [4.69, 9.17) is 0 Å². The van der Waals surface area contributed by atoms with E-state index in [9.17, 15) is 20.1 Å². The lowest BCUT2D eigenvalue weighted by molar-refractivity contribution is 0.319. The lowest BCUT2D eigenvalue weighted by Crippen LogP contribution is -2.37. The summed E-state index contributed by atoms with van der Waals surface area (Å²) in [5.74, 6) is 2.43. The van der Waals surface area contributed by atoms with Crippen LogP contribution in [0.25, 0.3) is 0 Å². The smallest absolute Gasteiger partial charge is 0.423 e. The lowest BCUT2D eigenvalue weighted by atomic mass is 9.77. The summed E-state index contributed by atoms with van der Waals surface area (Å²) in [6.45, 7) is 2.68. The Kier molecular flexibility index (Phi) is 8.72. The molecule has 8 heteroatoms. The topological polar surface area (TPSA) is 87.4 Å². The highest BCUT2D eigenvalue weighted by atomic mass is 16.4. The van der Waals surface area contributed by atoms with Crippen molar-refractivity contribution in [2.24, 2.45) is 0 Å². The van der Waals surface area contributed by atoms with Gasteiger partial charge in [-0.2, -0.15) is 0 Å². The summed E-state index contributed by atoms with van der Waals surface area (Å²) in [5, 5.41) is 38.4. The molecule has 6 nitrogen and oxygen atoms in total. The third-order valence-electron chi connectivity index (χ3n) is 5.43. The predicted molar refractivity (Wildman–Crippen MR) is 125 cm³/mol. The van der Waals surface area contributed by atoms with Gasteiger partial charge < -0.3 is 29.9 Å². The van der Waals surface area contributed by atoms with E-state index in [0.717, 1.165) is 24.2 Å². The van der Waals surface area contributed by atoms with Gasteiger partial charge in [0.1, 0.15) is 0 Å². The van der Waals surface area contributed by atoms with E-state index < -0.39 is 14.2 Å². The average Bonchev–Trinajstić information content (AvgIpc) is 3.14. The standard InChI is InChI=1S/C23H29B2N2O4/c1-26(16-20-8-3-5-12-22(20)24(28)29)14-18-10-7-11-19(18)15-27(2)17-21-9-4-6-13-23(21)25(30)31/h3-13,28-31H,14-17H2,1-2H3. The zero-order chi connectivity index (χ0) is 22.4. The van der Waals surface area contributed by atoms with Crippen LogP contribution in [-0.4, -0.2) is 71.3 Å². The molecule has 0 atom stereocenters. The fraction of sp³-hybridized carbons (Fsp3) is 0.261. The van der Waals surface area contributed by atoms with Gasteiger partial charge in [0.25, 0.3) is 0 Å². The summed E-state index contributed by atoms with van der Waals surface area (Å²) in [4.78, 5) is 4.30. The number of hydrogen-bond acceptors (Lipinski definition) is 6. The molecule has 5 radical (unpaired) electrons. The van der Waals surface area contributed by atoms with Gasteiger partial charge in [-0.25, -0.2) is 0 Å². The van der Waals surface area contributed by atoms with Crippen LogP contribution in [0.2, 0.25) is 0 Å². The highest BCUT2D eigenvalue weighted by Crippen LogP contribution is 2.34. The second-order valence-electron chi connectivity index (χ2n) is 8.07. The molecule has 0 bridgehead atoms. The first-order valence-electron chi connectivity index (χ1n) is 10.3. The highest BCUT2D eigenvalue weighted by molar-refractivity contribution is 6.59. The maximum absolute atomic E-state index is 9.59. The van der Waals surface area contributed by atoms with Crippen molar-refractivity contribution in [1.82, 2.24) is 9.80 Å². The molecule has 31 heavy (non-hydrogen) atoms. The Balaban J connectivity index is 1.56. The van der Waals surface area contributed by atoms with Crippen LogP contribution < -0.4 is 10.9 Å². The molecule has 1 aliphatic carbocycles. The van der Waals surface area contributed by atoms with Crippen LogP contribution in [0.5, 0.6) is 0 Å². The van der Waals surface area contributed by atoms with Crippen LogP contribution >= 0.6 is 0 Å². The molecule has 0 unspecified atom stereocenters. The maximum Gasteiger partial charge on any atom is 0.488 e. The van der Waals surface area contributed by atoms with Gasteiger partial charge in [0.05, 0.1) is 0 Å². The van der Waals surface area contributed by atoms with Crippen molar-refractivity contribution in [3.63, 3.8) is 0 Å². The Labute approximate surface area is 186 Å². The third-order valence-corrected chi connectivity index (χ3v) is 5.43. The van der Waals surface area contributed by atoms with E-state index >= 15 is 0 Å². The van der Waals surface area contributed by atoms with Crippen LogP contribution in [0.15, 0.2) is 48.5 Å². The molecular weight excluding hydrogens is 390 g/mol. The van der Waals surface area contributed by atoms with E-state index in [0.29, 0.717) is 24.0 Å². The summed E-state index contributed by atoms with van der Waals surface area (Å²) in [6, 6.07) is 14.7. The van der Waals surface area contributed by atoms with Gasteiger partial charge in [0.15, 0.2) is 0 Å². The fourth-order valence-electron chi connectivity index (χ4n) is 3.94. The van der Waals surface area contributed by atoms with Crippen molar-refractivity contribution < 1.29 is 20.1 Å². The van der Waals surface area contributed by atoms with E-state index in [-0.39, 0.29) is 0 Å². The molecule has 0 aliphatic heterocycles. The molecule has 0 heterocycles. The summed E-state index contributed by atoms with van der Waals surface area (Å²) in [5.41, 5.74) is 2.84. The molecule has 2 aromatic rings. The van der Waals surface area contributed by atoms with Crippen molar-refractivity contribution >= 4 is 25.2 Å². The SMILES string of the molecule is CN(C[C]1[CH][CH][CH][C]1CN(C)Cc1ccccc1B(O)O)Cc1ccccc1B(O)O. The normalized spacial score (nSPS) is 15.2. The first-order valence-corrected chi connectivity index (χ1v) is 10.3. The van der Waals surface area contributed by atoms with E-state index in [1.54, 1.807) is 24.3 Å². The molecule has 1 aliphatic rings. The zero-order valence-electron chi connectivity index (χ0n) is 18.0. The molecule has 0 saturated heterocycles. The second-order valence-corrected chi connectivity index (χ2v) is 8.07. The largest absolute Gasteiger partial charge is 0.488 e. The van der Waals surface area contributed by atoms with Gasteiger partial charge in [-0.15, -0.1) is 0 Å². The molecule has 1 fully saturated rings. The minimum absolute atomic E-state index is 0.529. The van der Waals surface area contributed by atoms with Gasteiger partial charge in [0.2, 0.25) is 0 Å². The minimum atomic E-state index is -1.48. The van der Waals surface area contributed by atoms with Gasteiger partial charge in [-0.05, 0) is 55.4 Å².